The first kappa shape index (κ1) is 16.5. The van der Waals surface area contributed by atoms with Crippen molar-refractivity contribution >= 4 is 27.2 Å². The molecule has 27 heavy (non-hydrogen) atoms. The van der Waals surface area contributed by atoms with Crippen LogP contribution in [0.5, 0.6) is 11.5 Å². The Bertz CT molecular complexity index is 1140. The Hall–Kier alpha value is -2.67. The molecule has 4 aromatic rings. The van der Waals surface area contributed by atoms with E-state index in [1.54, 1.807) is 25.6 Å². The summed E-state index contributed by atoms with van der Waals surface area (Å²) in [5.74, 6) is 2.91. The molecule has 0 saturated heterocycles. The van der Waals surface area contributed by atoms with E-state index in [1.807, 2.05) is 28.9 Å². The fourth-order valence-corrected chi connectivity index (χ4v) is 5.22. The molecule has 138 valence electrons. The summed E-state index contributed by atoms with van der Waals surface area (Å²) in [5.41, 5.74) is 3.18. The normalized spacial score (nSPS) is 16.6. The van der Waals surface area contributed by atoms with Crippen LogP contribution in [-0.4, -0.2) is 33.8 Å². The molecule has 1 aliphatic rings. The van der Waals surface area contributed by atoms with Gasteiger partial charge in [0.05, 0.1) is 19.6 Å². The fraction of sp³-hybridized carbons (Fsp3) is 0.350. The molecule has 0 N–H and O–H groups in total. The first-order chi connectivity index (χ1) is 13.2. The van der Waals surface area contributed by atoms with Gasteiger partial charge in [-0.05, 0) is 42.9 Å². The maximum atomic E-state index is 5.40. The lowest BCUT2D eigenvalue weighted by molar-refractivity contribution is 0.394. The number of aryl methyl sites for hydroxylation is 1. The highest BCUT2D eigenvalue weighted by molar-refractivity contribution is 7.19. The molecule has 0 unspecified atom stereocenters. The van der Waals surface area contributed by atoms with Crippen molar-refractivity contribution in [3.05, 3.63) is 35.0 Å². The molecule has 0 amide bonds. The molecule has 5 rings (SSSR count). The van der Waals surface area contributed by atoms with Gasteiger partial charge >= 0.3 is 0 Å². The third-order valence-electron chi connectivity index (χ3n) is 5.31. The molecule has 6 nitrogen and oxygen atoms in total. The fourth-order valence-electron chi connectivity index (χ4n) is 3.87. The van der Waals surface area contributed by atoms with Crippen molar-refractivity contribution in [1.29, 1.82) is 0 Å². The first-order valence-electron chi connectivity index (χ1n) is 9.05. The number of hydrogen-bond donors (Lipinski definition) is 0. The van der Waals surface area contributed by atoms with Gasteiger partial charge in [0.1, 0.15) is 22.7 Å². The molecule has 3 heterocycles. The van der Waals surface area contributed by atoms with Crippen LogP contribution in [0.4, 0.5) is 0 Å². The van der Waals surface area contributed by atoms with Crippen molar-refractivity contribution in [2.75, 3.05) is 14.2 Å². The predicted molar refractivity (Wildman–Crippen MR) is 106 cm³/mol. The SMILES string of the molecule is COc1cc(OC)cc(-c2nnc3c4c5c(sc4ncn23)C[C@H](C)CC5)c1. The minimum absolute atomic E-state index is 0.719. The van der Waals surface area contributed by atoms with E-state index in [2.05, 4.69) is 17.1 Å². The number of ether oxygens (including phenoxy) is 2. The van der Waals surface area contributed by atoms with Crippen LogP contribution in [0.25, 0.3) is 27.3 Å². The molecule has 0 radical (unpaired) electrons. The van der Waals surface area contributed by atoms with E-state index >= 15 is 0 Å². The predicted octanol–water partition coefficient (Wildman–Crippen LogP) is 4.15. The van der Waals surface area contributed by atoms with E-state index in [0.29, 0.717) is 0 Å². The zero-order valence-corrected chi connectivity index (χ0v) is 16.3. The second-order valence-electron chi connectivity index (χ2n) is 7.10. The summed E-state index contributed by atoms with van der Waals surface area (Å²) in [4.78, 5) is 7.24. The van der Waals surface area contributed by atoms with Crippen LogP contribution in [0.2, 0.25) is 0 Å². The number of fused-ring (bicyclic) bond motifs is 5. The number of methoxy groups -OCH3 is 2. The van der Waals surface area contributed by atoms with E-state index in [9.17, 15) is 0 Å². The van der Waals surface area contributed by atoms with Crippen molar-refractivity contribution in [2.24, 2.45) is 5.92 Å². The van der Waals surface area contributed by atoms with Crippen LogP contribution >= 0.6 is 11.3 Å². The van der Waals surface area contributed by atoms with Crippen molar-refractivity contribution in [3.63, 3.8) is 0 Å². The third-order valence-corrected chi connectivity index (χ3v) is 6.47. The molecule has 0 aliphatic heterocycles. The van der Waals surface area contributed by atoms with Gasteiger partial charge in [0.2, 0.25) is 0 Å². The lowest BCUT2D eigenvalue weighted by atomic mass is 9.89. The average Bonchev–Trinajstić information content (AvgIpc) is 3.27. The number of rotatable bonds is 3. The topological polar surface area (TPSA) is 61.5 Å². The number of hydrogen-bond acceptors (Lipinski definition) is 6. The minimum atomic E-state index is 0.719. The maximum absolute atomic E-state index is 5.40. The molecule has 0 spiro atoms. The Kier molecular flexibility index (Phi) is 3.79. The molecular weight excluding hydrogens is 360 g/mol. The highest BCUT2D eigenvalue weighted by atomic mass is 32.1. The van der Waals surface area contributed by atoms with Crippen molar-refractivity contribution in [2.45, 2.75) is 26.2 Å². The van der Waals surface area contributed by atoms with Crippen molar-refractivity contribution in [1.82, 2.24) is 19.6 Å². The number of thiophene rings is 1. The van der Waals surface area contributed by atoms with Gasteiger partial charge in [-0.2, -0.15) is 0 Å². The Morgan fingerprint density at radius 2 is 1.89 bits per heavy atom. The molecule has 1 atom stereocenters. The van der Waals surface area contributed by atoms with Gasteiger partial charge < -0.3 is 9.47 Å². The summed E-state index contributed by atoms with van der Waals surface area (Å²) >= 11 is 1.80. The van der Waals surface area contributed by atoms with Gasteiger partial charge in [-0.1, -0.05) is 6.92 Å². The van der Waals surface area contributed by atoms with E-state index in [-0.39, 0.29) is 0 Å². The molecule has 1 aliphatic carbocycles. The summed E-state index contributed by atoms with van der Waals surface area (Å²) in [6, 6.07) is 5.72. The van der Waals surface area contributed by atoms with Crippen molar-refractivity contribution in [3.8, 4) is 22.9 Å². The molecule has 3 aromatic heterocycles. The van der Waals surface area contributed by atoms with Gasteiger partial charge in [-0.3, -0.25) is 4.40 Å². The smallest absolute Gasteiger partial charge is 0.172 e. The largest absolute Gasteiger partial charge is 0.497 e. The number of aromatic nitrogens is 4. The van der Waals surface area contributed by atoms with Gasteiger partial charge in [0.15, 0.2) is 11.5 Å². The van der Waals surface area contributed by atoms with Crippen LogP contribution in [0, 0.1) is 5.92 Å². The standard InChI is InChI=1S/C20H20N4O2S/c1-11-4-5-15-16(6-11)27-20-17(15)19-23-22-18(24(19)10-21-20)12-7-13(25-2)9-14(8-12)26-3/h7-11H,4-6H2,1-3H3/t11-/m1/s1. The van der Waals surface area contributed by atoms with Gasteiger partial charge in [0.25, 0.3) is 0 Å². The Balaban J connectivity index is 1.73. The van der Waals surface area contributed by atoms with E-state index in [4.69, 9.17) is 14.5 Å². The molecule has 0 fully saturated rings. The zero-order valence-electron chi connectivity index (χ0n) is 15.5. The van der Waals surface area contributed by atoms with Gasteiger partial charge in [-0.15, -0.1) is 21.5 Å². The third kappa shape index (κ3) is 2.56. The van der Waals surface area contributed by atoms with Crippen LogP contribution in [0.1, 0.15) is 23.8 Å². The summed E-state index contributed by atoms with van der Waals surface area (Å²) in [5, 5.41) is 10.2. The number of nitrogens with zero attached hydrogens (tertiary/aromatic N) is 4. The quantitative estimate of drug-likeness (QED) is 0.534. The zero-order chi connectivity index (χ0) is 18.5. The van der Waals surface area contributed by atoms with E-state index < -0.39 is 0 Å². The monoisotopic (exact) mass is 380 g/mol. The summed E-state index contributed by atoms with van der Waals surface area (Å²) < 4.78 is 12.8. The Morgan fingerprint density at radius 1 is 1.11 bits per heavy atom. The Morgan fingerprint density at radius 3 is 2.63 bits per heavy atom. The summed E-state index contributed by atoms with van der Waals surface area (Å²) in [6.07, 6.45) is 5.27. The highest BCUT2D eigenvalue weighted by Gasteiger charge is 2.24. The molecule has 0 bridgehead atoms. The molecule has 1 aromatic carbocycles. The average molecular weight is 380 g/mol. The van der Waals surface area contributed by atoms with Gasteiger partial charge in [-0.25, -0.2) is 4.98 Å². The summed E-state index contributed by atoms with van der Waals surface area (Å²) in [7, 11) is 3.29. The number of benzene rings is 1. The van der Waals surface area contributed by atoms with Crippen LogP contribution in [0.15, 0.2) is 24.5 Å². The minimum Gasteiger partial charge on any atom is -0.497 e. The van der Waals surface area contributed by atoms with Crippen LogP contribution < -0.4 is 9.47 Å². The molecular formula is C20H20N4O2S. The van der Waals surface area contributed by atoms with Crippen molar-refractivity contribution < 1.29 is 9.47 Å². The lowest BCUT2D eigenvalue weighted by Crippen LogP contribution is -2.08. The first-order valence-corrected chi connectivity index (χ1v) is 9.87. The lowest BCUT2D eigenvalue weighted by Gasteiger charge is -2.17. The highest BCUT2D eigenvalue weighted by Crippen LogP contribution is 2.39. The van der Waals surface area contributed by atoms with E-state index in [1.165, 1.54) is 16.9 Å². The van der Waals surface area contributed by atoms with Crippen LogP contribution in [0.3, 0.4) is 0 Å². The maximum Gasteiger partial charge on any atom is 0.172 e. The van der Waals surface area contributed by atoms with Gasteiger partial charge in [0, 0.05) is 16.5 Å². The second kappa shape index (κ2) is 6.20. The Labute approximate surface area is 160 Å². The molecule has 7 heteroatoms. The van der Waals surface area contributed by atoms with E-state index in [0.717, 1.165) is 57.5 Å². The second-order valence-corrected chi connectivity index (χ2v) is 8.18. The van der Waals surface area contributed by atoms with Crippen LogP contribution in [-0.2, 0) is 12.8 Å². The summed E-state index contributed by atoms with van der Waals surface area (Å²) in [6.45, 7) is 2.32. The molecule has 0 saturated carbocycles.